The molecule has 0 radical (unpaired) electrons. The third kappa shape index (κ3) is 2.05. The largest absolute Gasteiger partial charge is 0.358 e. The quantitative estimate of drug-likeness (QED) is 0.817. The molecule has 2 rings (SSSR count). The Morgan fingerprint density at radius 2 is 2.07 bits per heavy atom. The predicted molar refractivity (Wildman–Crippen MR) is 59.9 cm³/mol. The van der Waals surface area contributed by atoms with Gasteiger partial charge in [-0.05, 0) is 19.3 Å². The Balaban J connectivity index is 2.02. The zero-order valence-electron chi connectivity index (χ0n) is 9.00. The van der Waals surface area contributed by atoms with E-state index in [1.807, 2.05) is 0 Å². The minimum atomic E-state index is 0.0655. The molecule has 1 saturated carbocycles. The van der Waals surface area contributed by atoms with Gasteiger partial charge >= 0.3 is 0 Å². The lowest BCUT2D eigenvalue weighted by Gasteiger charge is -2.25. The highest BCUT2D eigenvalue weighted by atomic mass is 32.1. The average Bonchev–Trinajstić information content (AvgIpc) is 2.43. The standard InChI is InChI=1S/C10H17N3S/c1-10(2,3)8-12-9(14-13-8)11-7-5-4-6-7/h7H,4-6H2,1-3H3,(H,11,12,13). The van der Waals surface area contributed by atoms with Crippen LogP contribution in [0.4, 0.5) is 5.13 Å². The van der Waals surface area contributed by atoms with Crippen molar-refractivity contribution in [2.75, 3.05) is 5.32 Å². The van der Waals surface area contributed by atoms with Crippen molar-refractivity contribution < 1.29 is 0 Å². The van der Waals surface area contributed by atoms with E-state index in [4.69, 9.17) is 0 Å². The lowest BCUT2D eigenvalue weighted by Crippen LogP contribution is -2.27. The van der Waals surface area contributed by atoms with E-state index in [0.717, 1.165) is 11.0 Å². The smallest absolute Gasteiger partial charge is 0.202 e. The second-order valence-corrected chi connectivity index (χ2v) is 5.70. The summed E-state index contributed by atoms with van der Waals surface area (Å²) in [5.41, 5.74) is 0.0655. The van der Waals surface area contributed by atoms with Crippen LogP contribution in [0.5, 0.6) is 0 Å². The molecule has 0 saturated heterocycles. The van der Waals surface area contributed by atoms with Gasteiger partial charge in [-0.1, -0.05) is 20.8 Å². The Hall–Kier alpha value is -0.640. The summed E-state index contributed by atoms with van der Waals surface area (Å²) in [6.07, 6.45) is 3.91. The Morgan fingerprint density at radius 1 is 1.36 bits per heavy atom. The molecule has 0 unspecified atom stereocenters. The molecule has 0 aromatic carbocycles. The maximum Gasteiger partial charge on any atom is 0.202 e. The molecule has 1 aliphatic rings. The van der Waals surface area contributed by atoms with Gasteiger partial charge in [0.05, 0.1) is 0 Å². The van der Waals surface area contributed by atoms with E-state index in [1.54, 1.807) is 0 Å². The fraction of sp³-hybridized carbons (Fsp3) is 0.800. The van der Waals surface area contributed by atoms with Crippen molar-refractivity contribution in [1.82, 2.24) is 9.36 Å². The molecule has 0 bridgehead atoms. The fourth-order valence-electron chi connectivity index (χ4n) is 1.31. The van der Waals surface area contributed by atoms with Crippen molar-refractivity contribution in [2.24, 2.45) is 0 Å². The van der Waals surface area contributed by atoms with Crippen molar-refractivity contribution in [2.45, 2.75) is 51.5 Å². The average molecular weight is 211 g/mol. The van der Waals surface area contributed by atoms with E-state index < -0.39 is 0 Å². The van der Waals surface area contributed by atoms with Crippen molar-refractivity contribution >= 4 is 16.7 Å². The fourth-order valence-corrected chi connectivity index (χ4v) is 2.15. The van der Waals surface area contributed by atoms with Crippen LogP contribution in [0.15, 0.2) is 0 Å². The van der Waals surface area contributed by atoms with Crippen LogP contribution in [0.2, 0.25) is 0 Å². The first-order chi connectivity index (χ1) is 6.55. The Morgan fingerprint density at radius 3 is 2.50 bits per heavy atom. The molecule has 1 aromatic rings. The second-order valence-electron chi connectivity index (χ2n) is 4.95. The zero-order valence-corrected chi connectivity index (χ0v) is 9.82. The predicted octanol–water partition coefficient (Wildman–Crippen LogP) is 2.80. The van der Waals surface area contributed by atoms with Crippen LogP contribution in [0.1, 0.15) is 45.9 Å². The van der Waals surface area contributed by atoms with Gasteiger partial charge in [0.15, 0.2) is 0 Å². The number of aromatic nitrogens is 2. The molecular formula is C10H17N3S. The first kappa shape index (κ1) is 9.90. The molecule has 0 aliphatic heterocycles. The highest BCUT2D eigenvalue weighted by Crippen LogP contribution is 2.27. The topological polar surface area (TPSA) is 37.8 Å². The van der Waals surface area contributed by atoms with Crippen molar-refractivity contribution in [3.05, 3.63) is 5.82 Å². The number of rotatable bonds is 2. The number of anilines is 1. The molecule has 1 aliphatic carbocycles. The molecule has 1 heterocycles. The molecule has 1 aromatic heterocycles. The van der Waals surface area contributed by atoms with Gasteiger partial charge in [-0.25, -0.2) is 4.98 Å². The normalized spacial score (nSPS) is 17.9. The summed E-state index contributed by atoms with van der Waals surface area (Å²) in [5, 5.41) is 4.40. The lowest BCUT2D eigenvalue weighted by atomic mass is 9.93. The van der Waals surface area contributed by atoms with Gasteiger partial charge in [0.2, 0.25) is 5.13 Å². The Labute approximate surface area is 89.1 Å². The lowest BCUT2D eigenvalue weighted by molar-refractivity contribution is 0.445. The van der Waals surface area contributed by atoms with Crippen molar-refractivity contribution in [3.63, 3.8) is 0 Å². The summed E-state index contributed by atoms with van der Waals surface area (Å²) in [4.78, 5) is 4.50. The van der Waals surface area contributed by atoms with Gasteiger partial charge in [0, 0.05) is 23.0 Å². The van der Waals surface area contributed by atoms with Crippen LogP contribution in [0.25, 0.3) is 0 Å². The van der Waals surface area contributed by atoms with E-state index in [0.29, 0.717) is 6.04 Å². The van der Waals surface area contributed by atoms with Crippen LogP contribution >= 0.6 is 11.5 Å². The van der Waals surface area contributed by atoms with Crippen LogP contribution in [-0.4, -0.2) is 15.4 Å². The van der Waals surface area contributed by atoms with E-state index >= 15 is 0 Å². The summed E-state index contributed by atoms with van der Waals surface area (Å²) >= 11 is 1.48. The van der Waals surface area contributed by atoms with E-state index in [1.165, 1.54) is 30.8 Å². The molecule has 1 fully saturated rings. The van der Waals surface area contributed by atoms with Gasteiger partial charge in [0.25, 0.3) is 0 Å². The molecule has 1 N–H and O–H groups in total. The molecular weight excluding hydrogens is 194 g/mol. The molecule has 14 heavy (non-hydrogen) atoms. The van der Waals surface area contributed by atoms with Gasteiger partial charge < -0.3 is 5.32 Å². The molecule has 0 atom stereocenters. The Bertz CT molecular complexity index is 309. The highest BCUT2D eigenvalue weighted by Gasteiger charge is 2.22. The molecule has 0 amide bonds. The molecule has 78 valence electrons. The van der Waals surface area contributed by atoms with Crippen LogP contribution in [0, 0.1) is 0 Å². The Kier molecular flexibility index (Phi) is 2.47. The van der Waals surface area contributed by atoms with E-state index in [9.17, 15) is 0 Å². The first-order valence-electron chi connectivity index (χ1n) is 5.16. The van der Waals surface area contributed by atoms with Crippen molar-refractivity contribution in [1.29, 1.82) is 0 Å². The van der Waals surface area contributed by atoms with Gasteiger partial charge in [0.1, 0.15) is 5.82 Å². The SMILES string of the molecule is CC(C)(C)c1nsc(NC2CCC2)n1. The summed E-state index contributed by atoms with van der Waals surface area (Å²) in [6.45, 7) is 6.42. The summed E-state index contributed by atoms with van der Waals surface area (Å²) in [5.74, 6) is 0.948. The zero-order chi connectivity index (χ0) is 10.2. The number of nitrogens with zero attached hydrogens (tertiary/aromatic N) is 2. The molecule has 4 heteroatoms. The van der Waals surface area contributed by atoms with Crippen LogP contribution in [-0.2, 0) is 5.41 Å². The number of nitrogens with one attached hydrogen (secondary N) is 1. The number of hydrogen-bond donors (Lipinski definition) is 1. The molecule has 0 spiro atoms. The highest BCUT2D eigenvalue weighted by molar-refractivity contribution is 7.09. The molecule has 3 nitrogen and oxygen atoms in total. The van der Waals surface area contributed by atoms with Gasteiger partial charge in [-0.3, -0.25) is 0 Å². The van der Waals surface area contributed by atoms with E-state index in [-0.39, 0.29) is 5.41 Å². The summed E-state index contributed by atoms with van der Waals surface area (Å²) < 4.78 is 4.37. The summed E-state index contributed by atoms with van der Waals surface area (Å²) in [7, 11) is 0. The minimum absolute atomic E-state index is 0.0655. The third-order valence-corrected chi connectivity index (χ3v) is 3.18. The third-order valence-electron chi connectivity index (χ3n) is 2.53. The number of hydrogen-bond acceptors (Lipinski definition) is 4. The van der Waals surface area contributed by atoms with Crippen LogP contribution < -0.4 is 5.32 Å². The summed E-state index contributed by atoms with van der Waals surface area (Å²) in [6, 6.07) is 0.649. The maximum absolute atomic E-state index is 4.50. The first-order valence-corrected chi connectivity index (χ1v) is 5.94. The van der Waals surface area contributed by atoms with Gasteiger partial charge in [-0.15, -0.1) is 0 Å². The monoisotopic (exact) mass is 211 g/mol. The maximum atomic E-state index is 4.50. The minimum Gasteiger partial charge on any atom is -0.358 e. The van der Waals surface area contributed by atoms with E-state index in [2.05, 4.69) is 35.4 Å². The van der Waals surface area contributed by atoms with Crippen LogP contribution in [0.3, 0.4) is 0 Å². The second kappa shape index (κ2) is 3.50. The van der Waals surface area contributed by atoms with Gasteiger partial charge in [-0.2, -0.15) is 4.37 Å². The van der Waals surface area contributed by atoms with Crippen molar-refractivity contribution in [3.8, 4) is 0 Å².